The number of amides is 1. The molecule has 2 rings (SSSR count). The average molecular weight is 299 g/mol. The Morgan fingerprint density at radius 1 is 1.59 bits per heavy atom. The van der Waals surface area contributed by atoms with Gasteiger partial charge in [0.2, 0.25) is 5.91 Å². The molecule has 0 aliphatic carbocycles. The molecule has 5 heteroatoms. The van der Waals surface area contributed by atoms with E-state index >= 15 is 0 Å². The van der Waals surface area contributed by atoms with Gasteiger partial charge in [-0.2, -0.15) is 0 Å². The van der Waals surface area contributed by atoms with E-state index in [9.17, 15) is 4.79 Å². The molecule has 4 nitrogen and oxygen atoms in total. The largest absolute Gasteiger partial charge is 0.497 e. The number of hydrogen-bond acceptors (Lipinski definition) is 3. The number of anilines is 1. The molecule has 1 atom stereocenters. The molecule has 1 heterocycles. The minimum Gasteiger partial charge on any atom is -0.497 e. The van der Waals surface area contributed by atoms with Crippen molar-refractivity contribution in [3.8, 4) is 5.75 Å². The van der Waals surface area contributed by atoms with E-state index in [1.165, 1.54) is 0 Å². The monoisotopic (exact) mass is 298 g/mol. The summed E-state index contributed by atoms with van der Waals surface area (Å²) < 4.78 is 5.98. The summed E-state index contributed by atoms with van der Waals surface area (Å²) >= 11 is 3.41. The predicted molar refractivity (Wildman–Crippen MR) is 70.3 cm³/mol. The Labute approximate surface area is 109 Å². The zero-order chi connectivity index (χ0) is 12.3. The molecule has 0 bridgehead atoms. The molecule has 1 fully saturated rings. The van der Waals surface area contributed by atoms with Crippen LogP contribution < -0.4 is 15.4 Å². The van der Waals surface area contributed by atoms with E-state index in [0.717, 1.165) is 35.3 Å². The average Bonchev–Trinajstić information content (AvgIpc) is 2.85. The van der Waals surface area contributed by atoms with Crippen LogP contribution in [0.15, 0.2) is 22.7 Å². The van der Waals surface area contributed by atoms with Crippen LogP contribution in [0.2, 0.25) is 0 Å². The molecule has 0 radical (unpaired) electrons. The van der Waals surface area contributed by atoms with Crippen molar-refractivity contribution in [1.29, 1.82) is 0 Å². The van der Waals surface area contributed by atoms with Gasteiger partial charge < -0.3 is 15.4 Å². The molecule has 1 aromatic rings. The molecule has 1 aromatic carbocycles. The molecular formula is C12H15BrN2O2. The number of hydrogen-bond donors (Lipinski definition) is 2. The molecule has 0 spiro atoms. The van der Waals surface area contributed by atoms with Gasteiger partial charge in [0.15, 0.2) is 0 Å². The molecule has 2 N–H and O–H groups in total. The van der Waals surface area contributed by atoms with Gasteiger partial charge in [-0.15, -0.1) is 0 Å². The molecule has 0 aromatic heterocycles. The summed E-state index contributed by atoms with van der Waals surface area (Å²) in [6.07, 6.45) is 1.95. The fraction of sp³-hybridized carbons (Fsp3) is 0.417. The number of carbonyl (C=O) groups is 1. The van der Waals surface area contributed by atoms with Crippen molar-refractivity contribution >= 4 is 27.5 Å². The van der Waals surface area contributed by atoms with E-state index in [1.54, 1.807) is 13.2 Å². The third kappa shape index (κ3) is 2.98. The molecular weight excluding hydrogens is 284 g/mol. The van der Waals surface area contributed by atoms with E-state index in [-0.39, 0.29) is 11.9 Å². The third-order valence-electron chi connectivity index (χ3n) is 2.81. The lowest BCUT2D eigenvalue weighted by Gasteiger charge is -2.13. The van der Waals surface area contributed by atoms with Crippen molar-refractivity contribution in [2.24, 2.45) is 0 Å². The number of methoxy groups -OCH3 is 1. The number of benzene rings is 1. The van der Waals surface area contributed by atoms with Crippen LogP contribution in [0.4, 0.5) is 5.69 Å². The maximum atomic E-state index is 11.9. The number of carbonyl (C=O) groups excluding carboxylic acids is 1. The quantitative estimate of drug-likeness (QED) is 0.899. The van der Waals surface area contributed by atoms with Crippen LogP contribution in [0.3, 0.4) is 0 Å². The van der Waals surface area contributed by atoms with Crippen molar-refractivity contribution < 1.29 is 9.53 Å². The molecule has 1 aliphatic rings. The van der Waals surface area contributed by atoms with Gasteiger partial charge in [-0.25, -0.2) is 0 Å². The van der Waals surface area contributed by atoms with Crippen LogP contribution in [-0.2, 0) is 4.79 Å². The first kappa shape index (κ1) is 12.4. The third-order valence-corrected chi connectivity index (χ3v) is 3.50. The first-order valence-electron chi connectivity index (χ1n) is 5.58. The summed E-state index contributed by atoms with van der Waals surface area (Å²) in [7, 11) is 1.60. The van der Waals surface area contributed by atoms with Crippen molar-refractivity contribution in [2.75, 3.05) is 19.0 Å². The van der Waals surface area contributed by atoms with E-state index in [2.05, 4.69) is 26.6 Å². The van der Waals surface area contributed by atoms with E-state index in [4.69, 9.17) is 4.74 Å². The predicted octanol–water partition coefficient (Wildman–Crippen LogP) is 2.15. The first-order valence-corrected chi connectivity index (χ1v) is 6.38. The zero-order valence-electron chi connectivity index (χ0n) is 9.63. The SMILES string of the molecule is COc1ccc(Br)c(NC(=O)[C@@H]2CCCN2)c1. The van der Waals surface area contributed by atoms with Crippen LogP contribution in [0.5, 0.6) is 5.75 Å². The van der Waals surface area contributed by atoms with Gasteiger partial charge in [0.05, 0.1) is 18.8 Å². The highest BCUT2D eigenvalue weighted by Gasteiger charge is 2.22. The summed E-state index contributed by atoms with van der Waals surface area (Å²) in [4.78, 5) is 11.9. The Morgan fingerprint density at radius 2 is 2.41 bits per heavy atom. The Kier molecular flexibility index (Phi) is 4.02. The van der Waals surface area contributed by atoms with Gasteiger partial charge in [-0.1, -0.05) is 0 Å². The van der Waals surface area contributed by atoms with Crippen LogP contribution >= 0.6 is 15.9 Å². The Hall–Kier alpha value is -1.07. The molecule has 1 saturated heterocycles. The van der Waals surface area contributed by atoms with Crippen LogP contribution in [0.1, 0.15) is 12.8 Å². The smallest absolute Gasteiger partial charge is 0.241 e. The summed E-state index contributed by atoms with van der Waals surface area (Å²) in [5.74, 6) is 0.735. The van der Waals surface area contributed by atoms with Gasteiger partial charge in [0.1, 0.15) is 5.75 Å². The summed E-state index contributed by atoms with van der Waals surface area (Å²) in [5.41, 5.74) is 0.739. The van der Waals surface area contributed by atoms with Crippen molar-refractivity contribution in [3.05, 3.63) is 22.7 Å². The Bertz CT molecular complexity index is 417. The summed E-state index contributed by atoms with van der Waals surface area (Å²) in [5, 5.41) is 6.06. The molecule has 1 amide bonds. The summed E-state index contributed by atoms with van der Waals surface area (Å²) in [6.45, 7) is 0.914. The van der Waals surface area contributed by atoms with Crippen molar-refractivity contribution in [3.63, 3.8) is 0 Å². The highest BCUT2D eigenvalue weighted by Crippen LogP contribution is 2.27. The lowest BCUT2D eigenvalue weighted by molar-refractivity contribution is -0.117. The van der Waals surface area contributed by atoms with Gasteiger partial charge in [-0.05, 0) is 47.4 Å². The topological polar surface area (TPSA) is 50.4 Å². The standard InChI is InChI=1S/C12H15BrN2O2/c1-17-8-4-5-9(13)11(7-8)15-12(16)10-3-2-6-14-10/h4-5,7,10,14H,2-3,6H2,1H3,(H,15,16)/t10-/m0/s1. The number of rotatable bonds is 3. The van der Waals surface area contributed by atoms with Gasteiger partial charge in [-0.3, -0.25) is 4.79 Å². The maximum absolute atomic E-state index is 11.9. The van der Waals surface area contributed by atoms with Gasteiger partial charge >= 0.3 is 0 Å². The Balaban J connectivity index is 2.09. The second-order valence-electron chi connectivity index (χ2n) is 3.98. The van der Waals surface area contributed by atoms with Crippen molar-refractivity contribution in [1.82, 2.24) is 5.32 Å². The molecule has 0 saturated carbocycles. The van der Waals surface area contributed by atoms with Crippen LogP contribution in [-0.4, -0.2) is 25.6 Å². The molecule has 0 unspecified atom stereocenters. The van der Waals surface area contributed by atoms with E-state index in [1.807, 2.05) is 12.1 Å². The lowest BCUT2D eigenvalue weighted by atomic mass is 10.2. The maximum Gasteiger partial charge on any atom is 0.241 e. The second-order valence-corrected chi connectivity index (χ2v) is 4.84. The normalized spacial score (nSPS) is 19.1. The number of halogens is 1. The second kappa shape index (κ2) is 5.51. The molecule has 1 aliphatic heterocycles. The van der Waals surface area contributed by atoms with Crippen LogP contribution in [0, 0.1) is 0 Å². The van der Waals surface area contributed by atoms with Gasteiger partial charge in [0, 0.05) is 10.5 Å². The highest BCUT2D eigenvalue weighted by molar-refractivity contribution is 9.10. The summed E-state index contributed by atoms with van der Waals surface area (Å²) in [6, 6.07) is 5.43. The van der Waals surface area contributed by atoms with Crippen molar-refractivity contribution in [2.45, 2.75) is 18.9 Å². The molecule has 92 valence electrons. The Morgan fingerprint density at radius 3 is 3.06 bits per heavy atom. The fourth-order valence-corrected chi connectivity index (χ4v) is 2.20. The fourth-order valence-electron chi connectivity index (χ4n) is 1.86. The number of ether oxygens (including phenoxy) is 1. The number of nitrogens with one attached hydrogen (secondary N) is 2. The minimum absolute atomic E-state index is 0.0106. The van der Waals surface area contributed by atoms with Gasteiger partial charge in [0.25, 0.3) is 0 Å². The molecule has 17 heavy (non-hydrogen) atoms. The highest BCUT2D eigenvalue weighted by atomic mass is 79.9. The van der Waals surface area contributed by atoms with E-state index < -0.39 is 0 Å². The lowest BCUT2D eigenvalue weighted by Crippen LogP contribution is -2.35. The van der Waals surface area contributed by atoms with E-state index in [0.29, 0.717) is 0 Å². The minimum atomic E-state index is -0.0758. The first-order chi connectivity index (χ1) is 8.20. The van der Waals surface area contributed by atoms with Crippen LogP contribution in [0.25, 0.3) is 0 Å². The zero-order valence-corrected chi connectivity index (χ0v) is 11.2.